The number of hydrogen-bond acceptors (Lipinski definition) is 2. The summed E-state index contributed by atoms with van der Waals surface area (Å²) in [5, 5.41) is 0. The van der Waals surface area contributed by atoms with Gasteiger partial charge < -0.3 is 4.84 Å². The minimum absolute atomic E-state index is 0.416. The van der Waals surface area contributed by atoms with Crippen LogP contribution in [0.1, 0.15) is 40.0 Å². The van der Waals surface area contributed by atoms with Crippen molar-refractivity contribution in [2.24, 2.45) is 5.41 Å². The van der Waals surface area contributed by atoms with Gasteiger partial charge in [0.25, 0.3) is 0 Å². The number of hydroxylamine groups is 1. The summed E-state index contributed by atoms with van der Waals surface area (Å²) in [5.41, 5.74) is 3.41. The summed E-state index contributed by atoms with van der Waals surface area (Å²) in [5.74, 6) is 0. The molecule has 1 aliphatic rings. The van der Waals surface area contributed by atoms with E-state index in [1.54, 1.807) is 0 Å². The molecule has 1 saturated heterocycles. The van der Waals surface area contributed by atoms with E-state index in [9.17, 15) is 0 Å². The van der Waals surface area contributed by atoms with Crippen molar-refractivity contribution < 1.29 is 4.84 Å². The van der Waals surface area contributed by atoms with Crippen LogP contribution in [-0.2, 0) is 4.84 Å². The first kappa shape index (κ1) is 9.01. The molecule has 2 heteroatoms. The Labute approximate surface area is 69.3 Å². The van der Waals surface area contributed by atoms with Crippen LogP contribution in [0.4, 0.5) is 0 Å². The second-order valence-electron chi connectivity index (χ2n) is 4.07. The van der Waals surface area contributed by atoms with E-state index in [0.29, 0.717) is 11.5 Å². The fourth-order valence-corrected chi connectivity index (χ4v) is 1.98. The van der Waals surface area contributed by atoms with E-state index in [1.165, 1.54) is 19.3 Å². The molecule has 0 aromatic carbocycles. The van der Waals surface area contributed by atoms with Crippen molar-refractivity contribution in [2.45, 2.75) is 46.1 Å². The molecule has 0 bridgehead atoms. The van der Waals surface area contributed by atoms with E-state index in [4.69, 9.17) is 4.84 Å². The lowest BCUT2D eigenvalue weighted by Crippen LogP contribution is -2.42. The van der Waals surface area contributed by atoms with Gasteiger partial charge in [0.15, 0.2) is 0 Å². The van der Waals surface area contributed by atoms with Gasteiger partial charge in [-0.25, -0.2) is 0 Å². The van der Waals surface area contributed by atoms with Crippen molar-refractivity contribution in [3.05, 3.63) is 0 Å². The molecule has 1 rings (SSSR count). The van der Waals surface area contributed by atoms with Crippen molar-refractivity contribution in [3.63, 3.8) is 0 Å². The maximum atomic E-state index is 5.30. The number of hydrogen-bond donors (Lipinski definition) is 1. The third kappa shape index (κ3) is 2.46. The summed E-state index contributed by atoms with van der Waals surface area (Å²) in [7, 11) is 0. The molecule has 2 nitrogen and oxygen atoms in total. The van der Waals surface area contributed by atoms with E-state index in [1.807, 2.05) is 0 Å². The quantitative estimate of drug-likeness (QED) is 0.663. The molecule has 1 heterocycles. The monoisotopic (exact) mass is 157 g/mol. The largest absolute Gasteiger partial charge is 0.301 e. The normalized spacial score (nSPS) is 39.0. The Morgan fingerprint density at radius 3 is 2.91 bits per heavy atom. The Morgan fingerprint density at radius 2 is 2.36 bits per heavy atom. The van der Waals surface area contributed by atoms with Gasteiger partial charge in [-0.05, 0) is 25.2 Å². The molecule has 1 fully saturated rings. The van der Waals surface area contributed by atoms with Gasteiger partial charge in [0.1, 0.15) is 0 Å². The van der Waals surface area contributed by atoms with Crippen molar-refractivity contribution in [1.82, 2.24) is 5.48 Å². The fraction of sp³-hybridized carbons (Fsp3) is 1.00. The SMILES string of the molecule is CCCC1(C)CONC(C)C1. The van der Waals surface area contributed by atoms with E-state index >= 15 is 0 Å². The predicted octanol–water partition coefficient (Wildman–Crippen LogP) is 2.11. The highest BCUT2D eigenvalue weighted by atomic mass is 16.6. The van der Waals surface area contributed by atoms with Crippen molar-refractivity contribution in [2.75, 3.05) is 6.61 Å². The van der Waals surface area contributed by atoms with Gasteiger partial charge in [-0.15, -0.1) is 0 Å². The van der Waals surface area contributed by atoms with Crippen LogP contribution in [0.2, 0.25) is 0 Å². The van der Waals surface area contributed by atoms with Crippen LogP contribution in [0.5, 0.6) is 0 Å². The lowest BCUT2D eigenvalue weighted by Gasteiger charge is -2.36. The summed E-state index contributed by atoms with van der Waals surface area (Å²) < 4.78 is 0. The first-order valence-corrected chi connectivity index (χ1v) is 4.53. The first-order valence-electron chi connectivity index (χ1n) is 4.53. The second kappa shape index (κ2) is 3.55. The van der Waals surface area contributed by atoms with Gasteiger partial charge in [0, 0.05) is 6.04 Å². The molecule has 0 aliphatic carbocycles. The van der Waals surface area contributed by atoms with E-state index < -0.39 is 0 Å². The molecule has 0 aromatic rings. The maximum Gasteiger partial charge on any atom is 0.0736 e. The van der Waals surface area contributed by atoms with Crippen LogP contribution in [0.3, 0.4) is 0 Å². The van der Waals surface area contributed by atoms with Gasteiger partial charge in [0.2, 0.25) is 0 Å². The van der Waals surface area contributed by atoms with Gasteiger partial charge >= 0.3 is 0 Å². The molecule has 1 aliphatic heterocycles. The number of rotatable bonds is 2. The highest BCUT2D eigenvalue weighted by molar-refractivity contribution is 4.80. The summed E-state index contributed by atoms with van der Waals surface area (Å²) in [6.45, 7) is 7.59. The average Bonchev–Trinajstić information content (AvgIpc) is 1.86. The Balaban J connectivity index is 2.41. The minimum Gasteiger partial charge on any atom is -0.301 e. The smallest absolute Gasteiger partial charge is 0.0736 e. The summed E-state index contributed by atoms with van der Waals surface area (Å²) in [4.78, 5) is 5.30. The Hall–Kier alpha value is -0.0800. The highest BCUT2D eigenvalue weighted by Crippen LogP contribution is 2.31. The molecular formula is C9H19NO. The van der Waals surface area contributed by atoms with Gasteiger partial charge in [0.05, 0.1) is 6.61 Å². The Kier molecular flexibility index (Phi) is 2.90. The Bertz CT molecular complexity index is 123. The molecule has 0 aromatic heterocycles. The van der Waals surface area contributed by atoms with Gasteiger partial charge in [-0.2, -0.15) is 5.48 Å². The highest BCUT2D eigenvalue weighted by Gasteiger charge is 2.29. The summed E-state index contributed by atoms with van der Waals surface area (Å²) in [6, 6.07) is 0.514. The van der Waals surface area contributed by atoms with Crippen LogP contribution < -0.4 is 5.48 Å². The molecule has 66 valence electrons. The standard InChI is InChI=1S/C9H19NO/c1-4-5-9(3)6-8(2)10-11-7-9/h8,10H,4-7H2,1-3H3. The number of nitrogens with one attached hydrogen (secondary N) is 1. The van der Waals surface area contributed by atoms with Gasteiger partial charge in [-0.3, -0.25) is 0 Å². The van der Waals surface area contributed by atoms with Crippen molar-refractivity contribution >= 4 is 0 Å². The molecule has 0 spiro atoms. The van der Waals surface area contributed by atoms with Crippen LogP contribution in [-0.4, -0.2) is 12.6 Å². The van der Waals surface area contributed by atoms with Crippen LogP contribution >= 0.6 is 0 Å². The molecule has 0 saturated carbocycles. The molecule has 11 heavy (non-hydrogen) atoms. The molecule has 1 N–H and O–H groups in total. The van der Waals surface area contributed by atoms with Crippen LogP contribution in [0.15, 0.2) is 0 Å². The topological polar surface area (TPSA) is 21.3 Å². The van der Waals surface area contributed by atoms with Crippen molar-refractivity contribution in [3.8, 4) is 0 Å². The first-order chi connectivity index (χ1) is 5.16. The zero-order valence-corrected chi connectivity index (χ0v) is 7.81. The second-order valence-corrected chi connectivity index (χ2v) is 4.07. The van der Waals surface area contributed by atoms with E-state index in [0.717, 1.165) is 6.61 Å². The van der Waals surface area contributed by atoms with E-state index in [2.05, 4.69) is 26.3 Å². The average molecular weight is 157 g/mol. The summed E-state index contributed by atoms with van der Waals surface area (Å²) in [6.07, 6.45) is 3.77. The van der Waals surface area contributed by atoms with Crippen molar-refractivity contribution in [1.29, 1.82) is 0 Å². The molecule has 2 unspecified atom stereocenters. The lowest BCUT2D eigenvalue weighted by atomic mass is 9.80. The zero-order chi connectivity index (χ0) is 8.32. The van der Waals surface area contributed by atoms with Crippen LogP contribution in [0, 0.1) is 5.41 Å². The predicted molar refractivity (Wildman–Crippen MR) is 46.2 cm³/mol. The van der Waals surface area contributed by atoms with Gasteiger partial charge in [-0.1, -0.05) is 20.3 Å². The summed E-state index contributed by atoms with van der Waals surface area (Å²) >= 11 is 0. The Morgan fingerprint density at radius 1 is 1.64 bits per heavy atom. The molecule has 0 amide bonds. The molecule has 2 atom stereocenters. The maximum absolute atomic E-state index is 5.30. The lowest BCUT2D eigenvalue weighted by molar-refractivity contribution is -0.0847. The third-order valence-corrected chi connectivity index (χ3v) is 2.36. The van der Waals surface area contributed by atoms with Crippen LogP contribution in [0.25, 0.3) is 0 Å². The van der Waals surface area contributed by atoms with E-state index in [-0.39, 0.29) is 0 Å². The minimum atomic E-state index is 0.416. The molecular weight excluding hydrogens is 138 g/mol. The zero-order valence-electron chi connectivity index (χ0n) is 7.81. The molecule has 0 radical (unpaired) electrons. The fourth-order valence-electron chi connectivity index (χ4n) is 1.98. The third-order valence-electron chi connectivity index (χ3n) is 2.36.